The summed E-state index contributed by atoms with van der Waals surface area (Å²) in [5, 5.41) is 7.43. The highest BCUT2D eigenvalue weighted by Crippen LogP contribution is 2.26. The van der Waals surface area contributed by atoms with Gasteiger partial charge in [0.15, 0.2) is 0 Å². The normalized spacial score (nSPS) is 11.5. The quantitative estimate of drug-likeness (QED) is 0.214. The smallest absolute Gasteiger partial charge is 0.339 e. The summed E-state index contributed by atoms with van der Waals surface area (Å²) in [6.45, 7) is 0. The van der Waals surface area contributed by atoms with Gasteiger partial charge in [0.1, 0.15) is 10.6 Å². The molecule has 0 aliphatic heterocycles. The average Bonchev–Trinajstić information content (AvgIpc) is 3.25. The molecule has 1 aromatic heterocycles. The van der Waals surface area contributed by atoms with Crippen molar-refractivity contribution in [2.24, 2.45) is 5.10 Å². The van der Waals surface area contributed by atoms with Crippen molar-refractivity contribution in [1.82, 2.24) is 4.98 Å². The lowest BCUT2D eigenvalue weighted by Crippen LogP contribution is -2.09. The molecule has 4 aromatic rings. The Labute approximate surface area is 188 Å². The number of rotatable bonds is 7. The molecule has 31 heavy (non-hydrogen) atoms. The van der Waals surface area contributed by atoms with Gasteiger partial charge in [-0.3, -0.25) is 5.43 Å². The maximum absolute atomic E-state index is 12.3. The Balaban J connectivity index is 1.37. The topological polar surface area (TPSA) is 80.7 Å². The van der Waals surface area contributed by atoms with Crippen LogP contribution in [0.5, 0.6) is 5.75 Å². The molecule has 0 saturated carbocycles. The molecular formula is C22H16ClN3O3S2. The van der Waals surface area contributed by atoms with Crippen molar-refractivity contribution >= 4 is 44.4 Å². The lowest BCUT2D eigenvalue weighted by atomic mass is 10.2. The SMILES string of the molecule is O=S(=O)(Oc1ccc(/C=N/Nc2nc(-c3ccc(Cl)cc3)cs2)cc1)c1ccccc1. The van der Waals surface area contributed by atoms with E-state index in [1.807, 2.05) is 29.6 Å². The first kappa shape index (κ1) is 21.0. The minimum Gasteiger partial charge on any atom is -0.379 e. The minimum atomic E-state index is -3.86. The molecule has 0 fully saturated rings. The second-order valence-electron chi connectivity index (χ2n) is 6.33. The molecule has 6 nitrogen and oxygen atoms in total. The van der Waals surface area contributed by atoms with Crippen LogP contribution >= 0.6 is 22.9 Å². The predicted octanol–water partition coefficient (Wildman–Crippen LogP) is 5.68. The highest BCUT2D eigenvalue weighted by atomic mass is 35.5. The molecule has 0 spiro atoms. The summed E-state index contributed by atoms with van der Waals surface area (Å²) in [5.41, 5.74) is 5.47. The molecule has 0 atom stereocenters. The summed E-state index contributed by atoms with van der Waals surface area (Å²) in [5.74, 6) is 0.224. The molecule has 1 N–H and O–H groups in total. The molecule has 0 aliphatic rings. The van der Waals surface area contributed by atoms with Crippen LogP contribution in [0.2, 0.25) is 5.02 Å². The zero-order valence-electron chi connectivity index (χ0n) is 16.0. The second kappa shape index (κ2) is 9.30. The summed E-state index contributed by atoms with van der Waals surface area (Å²) in [4.78, 5) is 4.59. The van der Waals surface area contributed by atoms with Gasteiger partial charge in [0.25, 0.3) is 0 Å². The van der Waals surface area contributed by atoms with Crippen molar-refractivity contribution in [2.75, 3.05) is 5.43 Å². The van der Waals surface area contributed by atoms with E-state index in [2.05, 4.69) is 15.5 Å². The standard InChI is InChI=1S/C22H16ClN3O3S2/c23-18-10-8-17(9-11-18)21-15-30-22(25-21)26-24-14-16-6-12-19(13-7-16)29-31(27,28)20-4-2-1-3-5-20/h1-15H,(H,25,26)/b24-14+. The number of nitrogens with one attached hydrogen (secondary N) is 1. The van der Waals surface area contributed by atoms with E-state index in [-0.39, 0.29) is 10.6 Å². The van der Waals surface area contributed by atoms with E-state index in [0.717, 1.165) is 16.8 Å². The van der Waals surface area contributed by atoms with E-state index in [9.17, 15) is 8.42 Å². The number of aromatic nitrogens is 1. The third-order valence-corrected chi connectivity index (χ3v) is 6.40. The van der Waals surface area contributed by atoms with Crippen molar-refractivity contribution < 1.29 is 12.6 Å². The van der Waals surface area contributed by atoms with Crippen LogP contribution in [0.25, 0.3) is 11.3 Å². The van der Waals surface area contributed by atoms with E-state index in [1.54, 1.807) is 48.7 Å². The third kappa shape index (κ3) is 5.49. The maximum atomic E-state index is 12.3. The molecule has 0 saturated heterocycles. The summed E-state index contributed by atoms with van der Waals surface area (Å²) >= 11 is 7.35. The van der Waals surface area contributed by atoms with Gasteiger partial charge in [-0.1, -0.05) is 41.9 Å². The molecule has 4 rings (SSSR count). The molecule has 0 bridgehead atoms. The highest BCUT2D eigenvalue weighted by molar-refractivity contribution is 7.87. The second-order valence-corrected chi connectivity index (χ2v) is 9.18. The van der Waals surface area contributed by atoms with Gasteiger partial charge in [-0.2, -0.15) is 13.5 Å². The van der Waals surface area contributed by atoms with Gasteiger partial charge in [-0.25, -0.2) is 4.98 Å². The van der Waals surface area contributed by atoms with Gasteiger partial charge in [-0.05, 0) is 54.1 Å². The lowest BCUT2D eigenvalue weighted by molar-refractivity contribution is 0.486. The van der Waals surface area contributed by atoms with Crippen LogP contribution in [0.1, 0.15) is 5.56 Å². The van der Waals surface area contributed by atoms with E-state index in [0.29, 0.717) is 10.2 Å². The molecule has 0 amide bonds. The summed E-state index contributed by atoms with van der Waals surface area (Å²) < 4.78 is 29.7. The molecule has 9 heteroatoms. The van der Waals surface area contributed by atoms with E-state index in [4.69, 9.17) is 15.8 Å². The number of anilines is 1. The molecule has 0 aliphatic carbocycles. The number of hydrazone groups is 1. The molecular weight excluding hydrogens is 454 g/mol. The first-order valence-corrected chi connectivity index (χ1v) is 11.8. The number of hydrogen-bond acceptors (Lipinski definition) is 7. The summed E-state index contributed by atoms with van der Waals surface area (Å²) in [6.07, 6.45) is 1.61. The largest absolute Gasteiger partial charge is 0.379 e. The van der Waals surface area contributed by atoms with Crippen LogP contribution in [0.3, 0.4) is 0 Å². The fraction of sp³-hybridized carbons (Fsp3) is 0. The minimum absolute atomic E-state index is 0.103. The third-order valence-electron chi connectivity index (χ3n) is 4.14. The first-order valence-electron chi connectivity index (χ1n) is 9.10. The number of benzene rings is 3. The monoisotopic (exact) mass is 469 g/mol. The van der Waals surface area contributed by atoms with Crippen LogP contribution in [0.4, 0.5) is 5.13 Å². The van der Waals surface area contributed by atoms with Crippen LogP contribution in [0.15, 0.2) is 94.2 Å². The van der Waals surface area contributed by atoms with Crippen molar-refractivity contribution in [2.45, 2.75) is 4.90 Å². The van der Waals surface area contributed by atoms with Crippen molar-refractivity contribution in [3.8, 4) is 17.0 Å². The van der Waals surface area contributed by atoms with Gasteiger partial charge in [0, 0.05) is 16.0 Å². The van der Waals surface area contributed by atoms with Crippen LogP contribution in [0, 0.1) is 0 Å². The number of hydrogen-bond donors (Lipinski definition) is 1. The number of nitrogens with zero attached hydrogens (tertiary/aromatic N) is 2. The first-order chi connectivity index (χ1) is 15.0. The van der Waals surface area contributed by atoms with E-state index in [1.165, 1.54) is 23.5 Å². The van der Waals surface area contributed by atoms with Crippen molar-refractivity contribution in [3.63, 3.8) is 0 Å². The summed E-state index contributed by atoms with van der Waals surface area (Å²) in [6, 6.07) is 22.0. The molecule has 0 unspecified atom stereocenters. The molecule has 1 heterocycles. The van der Waals surface area contributed by atoms with E-state index >= 15 is 0 Å². The van der Waals surface area contributed by atoms with Crippen molar-refractivity contribution in [3.05, 3.63) is 94.8 Å². The predicted molar refractivity (Wildman–Crippen MR) is 124 cm³/mol. The van der Waals surface area contributed by atoms with E-state index < -0.39 is 10.1 Å². The van der Waals surface area contributed by atoms with Crippen LogP contribution in [-0.4, -0.2) is 19.6 Å². The van der Waals surface area contributed by atoms with Gasteiger partial charge in [-0.15, -0.1) is 11.3 Å². The number of thiazole rings is 1. The van der Waals surface area contributed by atoms with Gasteiger partial charge in [0.2, 0.25) is 5.13 Å². The van der Waals surface area contributed by atoms with Gasteiger partial charge < -0.3 is 4.18 Å². The van der Waals surface area contributed by atoms with Crippen LogP contribution < -0.4 is 9.61 Å². The number of halogens is 1. The Hall–Kier alpha value is -3.20. The molecule has 3 aromatic carbocycles. The Kier molecular flexibility index (Phi) is 6.31. The maximum Gasteiger partial charge on any atom is 0.339 e. The Bertz CT molecular complexity index is 1290. The average molecular weight is 470 g/mol. The highest BCUT2D eigenvalue weighted by Gasteiger charge is 2.15. The summed E-state index contributed by atoms with van der Waals surface area (Å²) in [7, 11) is -3.86. The zero-order chi connectivity index (χ0) is 21.7. The Morgan fingerprint density at radius 1 is 0.968 bits per heavy atom. The van der Waals surface area contributed by atoms with Crippen LogP contribution in [-0.2, 0) is 10.1 Å². The zero-order valence-corrected chi connectivity index (χ0v) is 18.4. The van der Waals surface area contributed by atoms with Gasteiger partial charge in [0.05, 0.1) is 11.9 Å². The fourth-order valence-corrected chi connectivity index (χ4v) is 4.36. The fourth-order valence-electron chi connectivity index (χ4n) is 2.61. The Morgan fingerprint density at radius 2 is 1.68 bits per heavy atom. The lowest BCUT2D eigenvalue weighted by Gasteiger charge is -2.06. The Morgan fingerprint density at radius 3 is 2.39 bits per heavy atom. The molecule has 156 valence electrons. The molecule has 0 radical (unpaired) electrons. The van der Waals surface area contributed by atoms with Crippen molar-refractivity contribution in [1.29, 1.82) is 0 Å². The van der Waals surface area contributed by atoms with Gasteiger partial charge >= 0.3 is 10.1 Å².